The van der Waals surface area contributed by atoms with Gasteiger partial charge in [-0.25, -0.2) is 4.98 Å². The maximum absolute atomic E-state index is 12.0. The van der Waals surface area contributed by atoms with Gasteiger partial charge in [0.15, 0.2) is 0 Å². The van der Waals surface area contributed by atoms with Gasteiger partial charge in [-0.15, -0.1) is 0 Å². The van der Waals surface area contributed by atoms with Crippen LogP contribution in [0, 0.1) is 0 Å². The molecule has 0 fully saturated rings. The summed E-state index contributed by atoms with van der Waals surface area (Å²) in [5.41, 5.74) is 1.61. The Morgan fingerprint density at radius 1 is 1.04 bits per heavy atom. The number of aromatic nitrogens is 1. The number of ether oxygens (including phenoxy) is 3. The van der Waals surface area contributed by atoms with E-state index in [9.17, 15) is 4.79 Å². The van der Waals surface area contributed by atoms with Crippen LogP contribution < -0.4 is 19.5 Å². The smallest absolute Gasteiger partial charge is 0.224 e. The second-order valence-corrected chi connectivity index (χ2v) is 4.86. The molecule has 2 aromatic rings. The molecule has 1 heterocycles. The van der Waals surface area contributed by atoms with Gasteiger partial charge in [-0.05, 0) is 30.2 Å². The summed E-state index contributed by atoms with van der Waals surface area (Å²) in [5.74, 6) is 1.84. The number of amides is 1. The van der Waals surface area contributed by atoms with Crippen LogP contribution in [0.5, 0.6) is 17.4 Å². The first-order valence-electron chi connectivity index (χ1n) is 7.16. The summed E-state index contributed by atoms with van der Waals surface area (Å²) >= 11 is 0. The van der Waals surface area contributed by atoms with Gasteiger partial charge in [0.25, 0.3) is 0 Å². The quantitative estimate of drug-likeness (QED) is 0.850. The molecular formula is C17H20N2O4. The highest BCUT2D eigenvalue weighted by molar-refractivity contribution is 5.90. The number of aryl methyl sites for hydroxylation is 1. The van der Waals surface area contributed by atoms with Crippen molar-refractivity contribution in [2.24, 2.45) is 0 Å². The third-order valence-corrected chi connectivity index (χ3v) is 3.28. The second kappa shape index (κ2) is 8.03. The highest BCUT2D eigenvalue weighted by atomic mass is 16.5. The van der Waals surface area contributed by atoms with E-state index < -0.39 is 0 Å². The van der Waals surface area contributed by atoms with Gasteiger partial charge in [0.05, 0.1) is 33.2 Å². The van der Waals surface area contributed by atoms with E-state index in [0.717, 1.165) is 5.56 Å². The molecule has 23 heavy (non-hydrogen) atoms. The Balaban J connectivity index is 1.93. The SMILES string of the molecule is COc1cc(CCC(=O)Nc2ccc(OC)nc2)cc(OC)c1. The molecule has 0 aliphatic heterocycles. The maximum Gasteiger partial charge on any atom is 0.224 e. The molecular weight excluding hydrogens is 296 g/mol. The van der Waals surface area contributed by atoms with Crippen LogP contribution in [0.2, 0.25) is 0 Å². The molecule has 1 amide bonds. The van der Waals surface area contributed by atoms with Crippen molar-refractivity contribution in [3.8, 4) is 17.4 Å². The Hall–Kier alpha value is -2.76. The van der Waals surface area contributed by atoms with E-state index in [4.69, 9.17) is 14.2 Å². The zero-order chi connectivity index (χ0) is 16.7. The van der Waals surface area contributed by atoms with Crippen LogP contribution in [0.1, 0.15) is 12.0 Å². The van der Waals surface area contributed by atoms with Gasteiger partial charge >= 0.3 is 0 Å². The van der Waals surface area contributed by atoms with Crippen molar-refractivity contribution in [2.75, 3.05) is 26.6 Å². The summed E-state index contributed by atoms with van der Waals surface area (Å²) in [6.45, 7) is 0. The van der Waals surface area contributed by atoms with Crippen LogP contribution in [-0.4, -0.2) is 32.2 Å². The molecule has 0 aliphatic rings. The van der Waals surface area contributed by atoms with E-state index >= 15 is 0 Å². The fourth-order valence-corrected chi connectivity index (χ4v) is 2.07. The van der Waals surface area contributed by atoms with Crippen molar-refractivity contribution < 1.29 is 19.0 Å². The van der Waals surface area contributed by atoms with E-state index in [1.807, 2.05) is 12.1 Å². The average Bonchev–Trinajstić information content (AvgIpc) is 2.60. The fraction of sp³-hybridized carbons (Fsp3) is 0.294. The lowest BCUT2D eigenvalue weighted by Gasteiger charge is -2.09. The van der Waals surface area contributed by atoms with Crippen molar-refractivity contribution in [3.63, 3.8) is 0 Å². The largest absolute Gasteiger partial charge is 0.497 e. The third-order valence-electron chi connectivity index (χ3n) is 3.28. The normalized spacial score (nSPS) is 10.0. The minimum absolute atomic E-state index is 0.0845. The predicted molar refractivity (Wildman–Crippen MR) is 87.3 cm³/mol. The number of methoxy groups -OCH3 is 3. The lowest BCUT2D eigenvalue weighted by atomic mass is 10.1. The number of nitrogens with one attached hydrogen (secondary N) is 1. The van der Waals surface area contributed by atoms with E-state index in [-0.39, 0.29) is 5.91 Å². The summed E-state index contributed by atoms with van der Waals surface area (Å²) in [5, 5.41) is 2.80. The van der Waals surface area contributed by atoms with Gasteiger partial charge in [-0.2, -0.15) is 0 Å². The van der Waals surface area contributed by atoms with Crippen molar-refractivity contribution in [1.29, 1.82) is 0 Å². The van der Waals surface area contributed by atoms with E-state index in [1.165, 1.54) is 0 Å². The van der Waals surface area contributed by atoms with Gasteiger partial charge in [0, 0.05) is 18.6 Å². The summed E-state index contributed by atoms with van der Waals surface area (Å²) in [7, 11) is 4.74. The number of anilines is 1. The first-order valence-corrected chi connectivity index (χ1v) is 7.16. The molecule has 6 heteroatoms. The molecule has 0 atom stereocenters. The lowest BCUT2D eigenvalue weighted by Crippen LogP contribution is -2.12. The van der Waals surface area contributed by atoms with Crippen LogP contribution in [0.4, 0.5) is 5.69 Å². The number of nitrogens with zero attached hydrogens (tertiary/aromatic N) is 1. The Bertz CT molecular complexity index is 634. The molecule has 0 spiro atoms. The first-order chi connectivity index (χ1) is 11.1. The molecule has 0 radical (unpaired) electrons. The van der Waals surface area contributed by atoms with Gasteiger partial charge in [-0.1, -0.05) is 0 Å². The molecule has 6 nitrogen and oxygen atoms in total. The van der Waals surface area contributed by atoms with Crippen LogP contribution in [-0.2, 0) is 11.2 Å². The summed E-state index contributed by atoms with van der Waals surface area (Å²) in [6, 6.07) is 9.03. The van der Waals surface area contributed by atoms with Crippen LogP contribution >= 0.6 is 0 Å². The monoisotopic (exact) mass is 316 g/mol. The Labute approximate surface area is 135 Å². The van der Waals surface area contributed by atoms with Gasteiger partial charge < -0.3 is 19.5 Å². The summed E-state index contributed by atoms with van der Waals surface area (Å²) in [6.07, 6.45) is 2.50. The molecule has 0 saturated carbocycles. The minimum atomic E-state index is -0.0845. The molecule has 122 valence electrons. The standard InChI is InChI=1S/C17H20N2O4/c1-21-14-8-12(9-15(10-14)22-2)4-6-16(20)19-13-5-7-17(23-3)18-11-13/h5,7-11H,4,6H2,1-3H3,(H,19,20). The number of carbonyl (C=O) groups excluding carboxylic acids is 1. The summed E-state index contributed by atoms with van der Waals surface area (Å²) in [4.78, 5) is 16.1. The first kappa shape index (κ1) is 16.6. The summed E-state index contributed by atoms with van der Waals surface area (Å²) < 4.78 is 15.4. The zero-order valence-electron chi connectivity index (χ0n) is 13.5. The number of carbonyl (C=O) groups is 1. The number of benzene rings is 1. The van der Waals surface area contributed by atoms with Crippen molar-refractivity contribution in [1.82, 2.24) is 4.98 Å². The van der Waals surface area contributed by atoms with E-state index in [1.54, 1.807) is 45.7 Å². The lowest BCUT2D eigenvalue weighted by molar-refractivity contribution is -0.116. The Morgan fingerprint density at radius 2 is 1.74 bits per heavy atom. The number of rotatable bonds is 7. The van der Waals surface area contributed by atoms with Crippen LogP contribution in [0.3, 0.4) is 0 Å². The third kappa shape index (κ3) is 4.88. The van der Waals surface area contributed by atoms with Crippen molar-refractivity contribution >= 4 is 11.6 Å². The van der Waals surface area contributed by atoms with Crippen LogP contribution in [0.15, 0.2) is 36.5 Å². The molecule has 0 unspecified atom stereocenters. The molecule has 1 aromatic heterocycles. The molecule has 1 aromatic carbocycles. The fourth-order valence-electron chi connectivity index (χ4n) is 2.07. The highest BCUT2D eigenvalue weighted by Crippen LogP contribution is 2.23. The number of hydrogen-bond acceptors (Lipinski definition) is 5. The van der Waals surface area contributed by atoms with E-state index in [0.29, 0.717) is 35.9 Å². The minimum Gasteiger partial charge on any atom is -0.497 e. The second-order valence-electron chi connectivity index (χ2n) is 4.86. The Morgan fingerprint density at radius 3 is 2.26 bits per heavy atom. The topological polar surface area (TPSA) is 69.7 Å². The highest BCUT2D eigenvalue weighted by Gasteiger charge is 2.07. The van der Waals surface area contributed by atoms with Crippen molar-refractivity contribution in [2.45, 2.75) is 12.8 Å². The van der Waals surface area contributed by atoms with E-state index in [2.05, 4.69) is 10.3 Å². The van der Waals surface area contributed by atoms with Crippen molar-refractivity contribution in [3.05, 3.63) is 42.1 Å². The van der Waals surface area contributed by atoms with Gasteiger partial charge in [0.2, 0.25) is 11.8 Å². The molecule has 0 aliphatic carbocycles. The zero-order valence-corrected chi connectivity index (χ0v) is 13.5. The maximum atomic E-state index is 12.0. The molecule has 0 saturated heterocycles. The predicted octanol–water partition coefficient (Wildman–Crippen LogP) is 2.68. The number of pyridine rings is 1. The van der Waals surface area contributed by atoms with Gasteiger partial charge in [0.1, 0.15) is 11.5 Å². The van der Waals surface area contributed by atoms with Crippen LogP contribution in [0.25, 0.3) is 0 Å². The number of hydrogen-bond donors (Lipinski definition) is 1. The molecule has 1 N–H and O–H groups in total. The Kier molecular flexibility index (Phi) is 5.80. The molecule has 0 bridgehead atoms. The average molecular weight is 316 g/mol. The van der Waals surface area contributed by atoms with Gasteiger partial charge in [-0.3, -0.25) is 4.79 Å². The molecule has 2 rings (SSSR count).